The minimum Gasteiger partial charge on any atom is -0.313 e. The average Bonchev–Trinajstić information content (AvgIpc) is 2.44. The molecule has 0 atom stereocenters. The van der Waals surface area contributed by atoms with Crippen LogP contribution in [0.3, 0.4) is 0 Å². The van der Waals surface area contributed by atoms with Crippen LogP contribution in [-0.4, -0.2) is 6.54 Å². The van der Waals surface area contributed by atoms with E-state index in [-0.39, 0.29) is 5.82 Å². The maximum absolute atomic E-state index is 13.8. The minimum absolute atomic E-state index is 0.176. The van der Waals surface area contributed by atoms with Gasteiger partial charge in [0.1, 0.15) is 5.82 Å². The first-order valence-corrected chi connectivity index (χ1v) is 8.23. The molecule has 20 heavy (non-hydrogen) atoms. The molecule has 0 bridgehead atoms. The van der Waals surface area contributed by atoms with Crippen LogP contribution in [0, 0.1) is 5.82 Å². The topological polar surface area (TPSA) is 12.0 Å². The predicted molar refractivity (Wildman–Crippen MR) is 86.7 cm³/mol. The van der Waals surface area contributed by atoms with E-state index in [1.807, 2.05) is 24.3 Å². The molecule has 2 aromatic rings. The Bertz CT molecular complexity index is 574. The van der Waals surface area contributed by atoms with Gasteiger partial charge in [-0.3, -0.25) is 0 Å². The highest BCUT2D eigenvalue weighted by Gasteiger charge is 2.08. The number of hydrogen-bond acceptors (Lipinski definition) is 2. The van der Waals surface area contributed by atoms with Crippen LogP contribution in [0.2, 0.25) is 0 Å². The van der Waals surface area contributed by atoms with Gasteiger partial charge in [-0.1, -0.05) is 52.8 Å². The lowest BCUT2D eigenvalue weighted by molar-refractivity contribution is 0.602. The van der Waals surface area contributed by atoms with Crippen molar-refractivity contribution in [3.05, 3.63) is 58.3 Å². The maximum atomic E-state index is 13.8. The largest absolute Gasteiger partial charge is 0.313 e. The third-order valence-electron chi connectivity index (χ3n) is 2.83. The summed E-state index contributed by atoms with van der Waals surface area (Å²) in [6.07, 6.45) is 1.10. The number of benzene rings is 2. The Kier molecular flexibility index (Phi) is 6.07. The van der Waals surface area contributed by atoms with E-state index in [9.17, 15) is 4.39 Å². The molecule has 106 valence electrons. The first-order valence-electron chi connectivity index (χ1n) is 6.62. The summed E-state index contributed by atoms with van der Waals surface area (Å²) in [4.78, 5) is 1.73. The van der Waals surface area contributed by atoms with Gasteiger partial charge in [0.05, 0.1) is 0 Å². The van der Waals surface area contributed by atoms with E-state index in [0.29, 0.717) is 4.90 Å². The van der Waals surface area contributed by atoms with Crippen LogP contribution >= 0.6 is 27.7 Å². The minimum atomic E-state index is -0.176. The Labute approximate surface area is 132 Å². The maximum Gasteiger partial charge on any atom is 0.137 e. The van der Waals surface area contributed by atoms with Crippen molar-refractivity contribution in [1.82, 2.24) is 5.32 Å². The number of rotatable bonds is 6. The van der Waals surface area contributed by atoms with Gasteiger partial charge in [-0.25, -0.2) is 4.39 Å². The lowest BCUT2D eigenvalue weighted by Gasteiger charge is -2.11. The van der Waals surface area contributed by atoms with E-state index in [4.69, 9.17) is 0 Å². The van der Waals surface area contributed by atoms with Crippen molar-refractivity contribution in [2.75, 3.05) is 6.54 Å². The molecule has 0 saturated carbocycles. The summed E-state index contributed by atoms with van der Waals surface area (Å²) in [6.45, 7) is 3.93. The fourth-order valence-corrected chi connectivity index (χ4v) is 3.33. The standard InChI is InChI=1S/C16H17BrFNS/c1-2-9-19-11-12-7-8-13(17)10-16(12)20-15-6-4-3-5-14(15)18/h3-8,10,19H,2,9,11H2,1H3. The normalized spacial score (nSPS) is 10.8. The van der Waals surface area contributed by atoms with Crippen LogP contribution < -0.4 is 5.32 Å². The summed E-state index contributed by atoms with van der Waals surface area (Å²) < 4.78 is 14.8. The van der Waals surface area contributed by atoms with Crippen molar-refractivity contribution in [3.63, 3.8) is 0 Å². The van der Waals surface area contributed by atoms with Crippen molar-refractivity contribution in [2.45, 2.75) is 29.7 Å². The van der Waals surface area contributed by atoms with Gasteiger partial charge in [-0.05, 0) is 42.8 Å². The predicted octanol–water partition coefficient (Wildman–Crippen LogP) is 5.24. The van der Waals surface area contributed by atoms with Crippen molar-refractivity contribution < 1.29 is 4.39 Å². The Morgan fingerprint density at radius 1 is 1.15 bits per heavy atom. The third kappa shape index (κ3) is 4.33. The van der Waals surface area contributed by atoms with Crippen LogP contribution in [0.15, 0.2) is 56.7 Å². The van der Waals surface area contributed by atoms with Gasteiger partial charge in [0.25, 0.3) is 0 Å². The summed E-state index contributed by atoms with van der Waals surface area (Å²) in [6, 6.07) is 13.0. The third-order valence-corrected chi connectivity index (χ3v) is 4.47. The number of halogens is 2. The summed E-state index contributed by atoms with van der Waals surface area (Å²) in [5.41, 5.74) is 1.19. The van der Waals surface area contributed by atoms with Crippen molar-refractivity contribution in [3.8, 4) is 0 Å². The molecule has 0 saturated heterocycles. The van der Waals surface area contributed by atoms with Gasteiger partial charge in [0, 0.05) is 20.8 Å². The molecular formula is C16H17BrFNS. The van der Waals surface area contributed by atoms with Gasteiger partial charge in [0.15, 0.2) is 0 Å². The molecule has 2 aromatic carbocycles. The zero-order valence-corrected chi connectivity index (χ0v) is 13.7. The Morgan fingerprint density at radius 3 is 2.70 bits per heavy atom. The van der Waals surface area contributed by atoms with Gasteiger partial charge in [-0.15, -0.1) is 0 Å². The first-order chi connectivity index (χ1) is 9.70. The fourth-order valence-electron chi connectivity index (χ4n) is 1.82. The lowest BCUT2D eigenvalue weighted by atomic mass is 10.2. The van der Waals surface area contributed by atoms with Crippen LogP contribution in [0.4, 0.5) is 4.39 Å². The molecular weight excluding hydrogens is 337 g/mol. The molecule has 0 aliphatic carbocycles. The fraction of sp³-hybridized carbons (Fsp3) is 0.250. The first kappa shape index (κ1) is 15.5. The van der Waals surface area contributed by atoms with Gasteiger partial charge < -0.3 is 5.32 Å². The Morgan fingerprint density at radius 2 is 1.95 bits per heavy atom. The molecule has 1 nitrogen and oxygen atoms in total. The van der Waals surface area contributed by atoms with Crippen LogP contribution in [0.5, 0.6) is 0 Å². The second-order valence-corrected chi connectivity index (χ2v) is 6.46. The molecule has 2 rings (SSSR count). The molecule has 0 radical (unpaired) electrons. The van der Waals surface area contributed by atoms with Gasteiger partial charge in [-0.2, -0.15) is 0 Å². The van der Waals surface area contributed by atoms with Crippen molar-refractivity contribution in [2.24, 2.45) is 0 Å². The molecule has 0 unspecified atom stereocenters. The van der Waals surface area contributed by atoms with E-state index in [0.717, 1.165) is 28.9 Å². The highest BCUT2D eigenvalue weighted by Crippen LogP contribution is 2.34. The monoisotopic (exact) mass is 353 g/mol. The summed E-state index contributed by atoms with van der Waals surface area (Å²) >= 11 is 4.95. The molecule has 0 heterocycles. The molecule has 0 aromatic heterocycles. The molecule has 0 spiro atoms. The summed E-state index contributed by atoms with van der Waals surface area (Å²) in [5.74, 6) is -0.176. The Balaban J connectivity index is 2.21. The van der Waals surface area contributed by atoms with Gasteiger partial charge in [0.2, 0.25) is 0 Å². The van der Waals surface area contributed by atoms with Crippen LogP contribution in [0.1, 0.15) is 18.9 Å². The molecule has 0 aliphatic heterocycles. The smallest absolute Gasteiger partial charge is 0.137 e. The zero-order chi connectivity index (χ0) is 14.4. The Hall–Kier alpha value is -0.840. The van der Waals surface area contributed by atoms with E-state index in [1.165, 1.54) is 23.4 Å². The molecule has 0 aliphatic rings. The number of hydrogen-bond donors (Lipinski definition) is 1. The van der Waals surface area contributed by atoms with E-state index >= 15 is 0 Å². The van der Waals surface area contributed by atoms with E-state index in [1.54, 1.807) is 6.07 Å². The highest BCUT2D eigenvalue weighted by molar-refractivity contribution is 9.10. The zero-order valence-electron chi connectivity index (χ0n) is 11.3. The van der Waals surface area contributed by atoms with Gasteiger partial charge >= 0.3 is 0 Å². The van der Waals surface area contributed by atoms with Crippen LogP contribution in [-0.2, 0) is 6.54 Å². The lowest BCUT2D eigenvalue weighted by Crippen LogP contribution is -2.14. The summed E-state index contributed by atoms with van der Waals surface area (Å²) in [7, 11) is 0. The second kappa shape index (κ2) is 7.81. The molecule has 0 amide bonds. The molecule has 1 N–H and O–H groups in total. The van der Waals surface area contributed by atoms with Crippen LogP contribution in [0.25, 0.3) is 0 Å². The van der Waals surface area contributed by atoms with E-state index < -0.39 is 0 Å². The SMILES string of the molecule is CCCNCc1ccc(Br)cc1Sc1ccccc1F. The molecule has 4 heteroatoms. The molecule has 0 fully saturated rings. The van der Waals surface area contributed by atoms with Crippen molar-refractivity contribution >= 4 is 27.7 Å². The second-order valence-electron chi connectivity index (χ2n) is 4.46. The highest BCUT2D eigenvalue weighted by atomic mass is 79.9. The quantitative estimate of drug-likeness (QED) is 0.712. The van der Waals surface area contributed by atoms with E-state index in [2.05, 4.69) is 34.2 Å². The number of nitrogens with one attached hydrogen (secondary N) is 1. The summed E-state index contributed by atoms with van der Waals surface area (Å²) in [5, 5.41) is 3.39. The van der Waals surface area contributed by atoms with Crippen molar-refractivity contribution in [1.29, 1.82) is 0 Å². The average molecular weight is 354 g/mol.